The van der Waals surface area contributed by atoms with Gasteiger partial charge in [-0.3, -0.25) is 0 Å². The Hall–Kier alpha value is -2.21. The van der Waals surface area contributed by atoms with Gasteiger partial charge in [-0.05, 0) is 58.7 Å². The minimum atomic E-state index is -0.945. The highest BCUT2D eigenvalue weighted by Crippen LogP contribution is 2.36. The van der Waals surface area contributed by atoms with Crippen molar-refractivity contribution in [3.05, 3.63) is 52.0 Å². The monoisotopic (exact) mass is 379 g/mol. The highest BCUT2D eigenvalue weighted by Gasteiger charge is 2.11. The van der Waals surface area contributed by atoms with Crippen LogP contribution in [0.15, 0.2) is 40.9 Å². The second kappa shape index (κ2) is 7.87. The van der Waals surface area contributed by atoms with E-state index in [0.29, 0.717) is 24.7 Å². The van der Waals surface area contributed by atoms with Gasteiger partial charge in [-0.25, -0.2) is 4.79 Å². The molecule has 0 unspecified atom stereocenters. The zero-order chi connectivity index (χ0) is 16.8. The SMILES string of the molecule is CCOc1cc(CNc2cccc(C(=O)O)c2)cc(Br)c1OC. The van der Waals surface area contributed by atoms with E-state index < -0.39 is 5.97 Å². The molecule has 23 heavy (non-hydrogen) atoms. The smallest absolute Gasteiger partial charge is 0.335 e. The first-order valence-electron chi connectivity index (χ1n) is 7.11. The van der Waals surface area contributed by atoms with Crippen molar-refractivity contribution in [3.8, 4) is 11.5 Å². The van der Waals surface area contributed by atoms with E-state index >= 15 is 0 Å². The Labute approximate surface area is 143 Å². The number of hydrogen-bond acceptors (Lipinski definition) is 4. The Kier molecular flexibility index (Phi) is 5.87. The van der Waals surface area contributed by atoms with Gasteiger partial charge in [-0.15, -0.1) is 0 Å². The Morgan fingerprint density at radius 3 is 2.74 bits per heavy atom. The molecule has 0 bridgehead atoms. The Morgan fingerprint density at radius 1 is 1.30 bits per heavy atom. The molecule has 2 aromatic rings. The van der Waals surface area contributed by atoms with Crippen LogP contribution in [0.25, 0.3) is 0 Å². The number of methoxy groups -OCH3 is 1. The quantitative estimate of drug-likeness (QED) is 0.755. The van der Waals surface area contributed by atoms with Crippen molar-refractivity contribution >= 4 is 27.6 Å². The van der Waals surface area contributed by atoms with Crippen molar-refractivity contribution in [2.75, 3.05) is 19.0 Å². The summed E-state index contributed by atoms with van der Waals surface area (Å²) in [5.74, 6) is 0.378. The molecule has 0 amide bonds. The maximum absolute atomic E-state index is 11.0. The molecule has 6 heteroatoms. The molecule has 0 radical (unpaired) electrons. The van der Waals surface area contributed by atoms with E-state index in [-0.39, 0.29) is 5.56 Å². The van der Waals surface area contributed by atoms with Crippen LogP contribution in [0.3, 0.4) is 0 Å². The average Bonchev–Trinajstić information content (AvgIpc) is 2.53. The minimum absolute atomic E-state index is 0.251. The second-order valence-electron chi connectivity index (χ2n) is 4.78. The summed E-state index contributed by atoms with van der Waals surface area (Å²) in [7, 11) is 1.60. The Bertz CT molecular complexity index is 703. The van der Waals surface area contributed by atoms with Crippen LogP contribution in [-0.4, -0.2) is 24.8 Å². The molecule has 122 valence electrons. The first kappa shape index (κ1) is 17.1. The fraction of sp³-hybridized carbons (Fsp3) is 0.235. The summed E-state index contributed by atoms with van der Waals surface area (Å²) in [5, 5.41) is 12.2. The predicted molar refractivity (Wildman–Crippen MR) is 92.6 cm³/mol. The molecule has 0 aliphatic heterocycles. The zero-order valence-corrected chi connectivity index (χ0v) is 14.5. The molecule has 0 saturated heterocycles. The summed E-state index contributed by atoms with van der Waals surface area (Å²) in [6, 6.07) is 10.5. The largest absolute Gasteiger partial charge is 0.492 e. The molecule has 2 N–H and O–H groups in total. The number of benzene rings is 2. The van der Waals surface area contributed by atoms with Gasteiger partial charge < -0.3 is 19.9 Å². The summed E-state index contributed by atoms with van der Waals surface area (Å²) in [5.41, 5.74) is 1.98. The molecule has 0 aromatic heterocycles. The number of halogens is 1. The van der Waals surface area contributed by atoms with Gasteiger partial charge in [0.15, 0.2) is 11.5 Å². The molecule has 0 saturated carbocycles. The lowest BCUT2D eigenvalue weighted by atomic mass is 10.1. The molecule has 0 heterocycles. The average molecular weight is 380 g/mol. The fourth-order valence-electron chi connectivity index (χ4n) is 2.15. The summed E-state index contributed by atoms with van der Waals surface area (Å²) in [4.78, 5) is 11.0. The van der Waals surface area contributed by atoms with Crippen molar-refractivity contribution in [1.82, 2.24) is 0 Å². The van der Waals surface area contributed by atoms with E-state index in [0.717, 1.165) is 15.7 Å². The van der Waals surface area contributed by atoms with Crippen LogP contribution >= 0.6 is 15.9 Å². The Balaban J connectivity index is 2.17. The number of carboxylic acid groups (broad SMARTS) is 1. The minimum Gasteiger partial charge on any atom is -0.492 e. The number of anilines is 1. The highest BCUT2D eigenvalue weighted by molar-refractivity contribution is 9.10. The molecule has 0 aliphatic carbocycles. The van der Waals surface area contributed by atoms with Crippen LogP contribution in [-0.2, 0) is 6.54 Å². The van der Waals surface area contributed by atoms with Crippen LogP contribution in [0.5, 0.6) is 11.5 Å². The molecule has 0 fully saturated rings. The predicted octanol–water partition coefficient (Wildman–Crippen LogP) is 4.17. The van der Waals surface area contributed by atoms with Crippen LogP contribution < -0.4 is 14.8 Å². The second-order valence-corrected chi connectivity index (χ2v) is 5.64. The van der Waals surface area contributed by atoms with E-state index in [2.05, 4.69) is 21.2 Å². The number of aromatic carboxylic acids is 1. The molecule has 0 spiro atoms. The van der Waals surface area contributed by atoms with Gasteiger partial charge >= 0.3 is 5.97 Å². The standard InChI is InChI=1S/C17H18BrNO4/c1-3-23-15-8-11(7-14(18)16(15)22-2)10-19-13-6-4-5-12(9-13)17(20)21/h4-9,19H,3,10H2,1-2H3,(H,20,21). The van der Waals surface area contributed by atoms with E-state index in [1.807, 2.05) is 25.1 Å². The van der Waals surface area contributed by atoms with Crippen LogP contribution in [0.4, 0.5) is 5.69 Å². The number of carboxylic acids is 1. The van der Waals surface area contributed by atoms with Gasteiger partial charge in [-0.1, -0.05) is 6.07 Å². The van der Waals surface area contributed by atoms with Crippen molar-refractivity contribution in [1.29, 1.82) is 0 Å². The van der Waals surface area contributed by atoms with E-state index in [1.165, 1.54) is 0 Å². The zero-order valence-electron chi connectivity index (χ0n) is 12.9. The lowest BCUT2D eigenvalue weighted by Gasteiger charge is -2.14. The van der Waals surface area contributed by atoms with E-state index in [4.69, 9.17) is 14.6 Å². The maximum atomic E-state index is 11.0. The van der Waals surface area contributed by atoms with E-state index in [9.17, 15) is 4.79 Å². The molecule has 5 nitrogen and oxygen atoms in total. The molecule has 2 rings (SSSR count). The molecular formula is C17H18BrNO4. The number of rotatable bonds is 7. The topological polar surface area (TPSA) is 67.8 Å². The van der Waals surface area contributed by atoms with Gasteiger partial charge in [0.1, 0.15) is 0 Å². The Morgan fingerprint density at radius 2 is 2.09 bits per heavy atom. The van der Waals surface area contributed by atoms with Gasteiger partial charge in [0.25, 0.3) is 0 Å². The van der Waals surface area contributed by atoms with Crippen molar-refractivity contribution in [2.24, 2.45) is 0 Å². The lowest BCUT2D eigenvalue weighted by molar-refractivity contribution is 0.0697. The number of ether oxygens (including phenoxy) is 2. The van der Waals surface area contributed by atoms with Gasteiger partial charge in [0, 0.05) is 12.2 Å². The van der Waals surface area contributed by atoms with Crippen molar-refractivity contribution in [2.45, 2.75) is 13.5 Å². The van der Waals surface area contributed by atoms with Crippen LogP contribution in [0.1, 0.15) is 22.8 Å². The summed E-state index contributed by atoms with van der Waals surface area (Å²) < 4.78 is 11.7. The van der Waals surface area contributed by atoms with Gasteiger partial charge in [0.2, 0.25) is 0 Å². The molecule has 0 aliphatic rings. The van der Waals surface area contributed by atoms with Gasteiger partial charge in [-0.2, -0.15) is 0 Å². The number of carbonyl (C=O) groups is 1. The summed E-state index contributed by atoms with van der Waals surface area (Å²) in [6.07, 6.45) is 0. The first-order chi connectivity index (χ1) is 11.0. The molecular weight excluding hydrogens is 362 g/mol. The normalized spacial score (nSPS) is 10.2. The van der Waals surface area contributed by atoms with Crippen molar-refractivity contribution < 1.29 is 19.4 Å². The van der Waals surface area contributed by atoms with E-state index in [1.54, 1.807) is 25.3 Å². The molecule has 2 aromatic carbocycles. The third-order valence-electron chi connectivity index (χ3n) is 3.18. The number of nitrogens with one attached hydrogen (secondary N) is 1. The summed E-state index contributed by atoms with van der Waals surface area (Å²) in [6.45, 7) is 2.99. The molecule has 0 atom stereocenters. The fourth-order valence-corrected chi connectivity index (χ4v) is 2.80. The third-order valence-corrected chi connectivity index (χ3v) is 3.77. The highest BCUT2D eigenvalue weighted by atomic mass is 79.9. The maximum Gasteiger partial charge on any atom is 0.335 e. The lowest BCUT2D eigenvalue weighted by Crippen LogP contribution is -2.03. The summed E-state index contributed by atoms with van der Waals surface area (Å²) >= 11 is 3.47. The van der Waals surface area contributed by atoms with Crippen LogP contribution in [0.2, 0.25) is 0 Å². The van der Waals surface area contributed by atoms with Gasteiger partial charge in [0.05, 0.1) is 23.8 Å². The third kappa shape index (κ3) is 4.39. The number of hydrogen-bond donors (Lipinski definition) is 2. The first-order valence-corrected chi connectivity index (χ1v) is 7.91. The van der Waals surface area contributed by atoms with Crippen molar-refractivity contribution in [3.63, 3.8) is 0 Å². The van der Waals surface area contributed by atoms with Crippen LogP contribution in [0, 0.1) is 0 Å².